The summed E-state index contributed by atoms with van der Waals surface area (Å²) in [5.74, 6) is 1.31. The average molecular weight is 204 g/mol. The lowest BCUT2D eigenvalue weighted by atomic mass is 10.0. The van der Waals surface area contributed by atoms with Gasteiger partial charge >= 0.3 is 0 Å². The number of carbonyl (C=O) groups is 1. The number of hydrogen-bond donors (Lipinski definition) is 0. The third-order valence-electron chi connectivity index (χ3n) is 3.49. The molecule has 0 atom stereocenters. The minimum atomic E-state index is 0.276. The first-order valence-corrected chi connectivity index (χ1v) is 5.99. The van der Waals surface area contributed by atoms with Crippen molar-refractivity contribution in [1.29, 1.82) is 0 Å². The summed E-state index contributed by atoms with van der Waals surface area (Å²) < 4.78 is 1.93. The van der Waals surface area contributed by atoms with Crippen molar-refractivity contribution >= 4 is 5.91 Å². The van der Waals surface area contributed by atoms with E-state index < -0.39 is 0 Å². The molecule has 0 fully saturated rings. The molecule has 1 aromatic heterocycles. The largest absolute Gasteiger partial charge is 0.274 e. The van der Waals surface area contributed by atoms with Crippen LogP contribution in [0.5, 0.6) is 0 Å². The molecule has 2 aliphatic rings. The fourth-order valence-corrected chi connectivity index (χ4v) is 2.73. The lowest BCUT2D eigenvalue weighted by Crippen LogP contribution is -2.16. The molecule has 0 unspecified atom stereocenters. The Hall–Kier alpha value is -1.12. The van der Waals surface area contributed by atoms with Crippen LogP contribution in [0.3, 0.4) is 0 Å². The Labute approximate surface area is 89.5 Å². The highest BCUT2D eigenvalue weighted by Crippen LogP contribution is 2.25. The van der Waals surface area contributed by atoms with Crippen LogP contribution < -0.4 is 0 Å². The highest BCUT2D eigenvalue weighted by atomic mass is 16.2. The molecule has 15 heavy (non-hydrogen) atoms. The number of aryl methyl sites for hydroxylation is 2. The summed E-state index contributed by atoms with van der Waals surface area (Å²) in [6.45, 7) is 0. The van der Waals surface area contributed by atoms with Gasteiger partial charge in [-0.1, -0.05) is 0 Å². The second-order valence-electron chi connectivity index (χ2n) is 4.56. The van der Waals surface area contributed by atoms with Crippen molar-refractivity contribution in [3.05, 3.63) is 17.2 Å². The summed E-state index contributed by atoms with van der Waals surface area (Å²) in [5, 5.41) is 0. The maximum Gasteiger partial charge on any atom is 0.232 e. The van der Waals surface area contributed by atoms with Crippen LogP contribution in [0.15, 0.2) is 0 Å². The van der Waals surface area contributed by atoms with Crippen molar-refractivity contribution < 1.29 is 4.79 Å². The van der Waals surface area contributed by atoms with Gasteiger partial charge in [0.15, 0.2) is 0 Å². The van der Waals surface area contributed by atoms with Gasteiger partial charge in [-0.2, -0.15) is 0 Å². The number of rotatable bonds is 0. The molecule has 0 N–H and O–H groups in total. The molecule has 3 heteroatoms. The number of nitrogens with zero attached hydrogens (tertiary/aromatic N) is 2. The van der Waals surface area contributed by atoms with E-state index in [-0.39, 0.29) is 5.91 Å². The zero-order valence-corrected chi connectivity index (χ0v) is 8.96. The third kappa shape index (κ3) is 1.41. The summed E-state index contributed by atoms with van der Waals surface area (Å²) in [4.78, 5) is 16.6. The minimum Gasteiger partial charge on any atom is -0.274 e. The minimum absolute atomic E-state index is 0.276. The summed E-state index contributed by atoms with van der Waals surface area (Å²) in [6.07, 6.45) is 8.40. The second-order valence-corrected chi connectivity index (χ2v) is 4.56. The first-order valence-electron chi connectivity index (χ1n) is 5.99. The Kier molecular flexibility index (Phi) is 2.11. The molecule has 3 nitrogen and oxygen atoms in total. The average Bonchev–Trinajstić information content (AvgIpc) is 2.53. The summed E-state index contributed by atoms with van der Waals surface area (Å²) >= 11 is 0. The molecular formula is C12H16N2O. The molecule has 1 aliphatic carbocycles. The van der Waals surface area contributed by atoms with Crippen LogP contribution in [0, 0.1) is 0 Å². The van der Waals surface area contributed by atoms with E-state index in [2.05, 4.69) is 4.98 Å². The van der Waals surface area contributed by atoms with Crippen LogP contribution >= 0.6 is 0 Å². The predicted octanol–water partition coefficient (Wildman–Crippen LogP) is 2.13. The van der Waals surface area contributed by atoms with Gasteiger partial charge in [-0.3, -0.25) is 9.36 Å². The zero-order chi connectivity index (χ0) is 10.3. The van der Waals surface area contributed by atoms with E-state index in [4.69, 9.17) is 0 Å². The van der Waals surface area contributed by atoms with E-state index in [0.717, 1.165) is 37.9 Å². The van der Waals surface area contributed by atoms with Crippen molar-refractivity contribution in [2.45, 2.75) is 51.4 Å². The van der Waals surface area contributed by atoms with Crippen molar-refractivity contribution in [3.8, 4) is 0 Å². The number of carbonyl (C=O) groups excluding carboxylic acids is 1. The fourth-order valence-electron chi connectivity index (χ4n) is 2.73. The van der Waals surface area contributed by atoms with Crippen LogP contribution in [0.4, 0.5) is 0 Å². The Bertz CT molecular complexity index is 406. The summed E-state index contributed by atoms with van der Waals surface area (Å²) in [7, 11) is 0. The normalized spacial score (nSPS) is 20.7. The fraction of sp³-hybridized carbons (Fsp3) is 0.667. The van der Waals surface area contributed by atoms with Gasteiger partial charge in [-0.05, 0) is 38.5 Å². The van der Waals surface area contributed by atoms with Crippen LogP contribution in [-0.2, 0) is 19.3 Å². The first kappa shape index (κ1) is 9.13. The SMILES string of the molecule is O=C1CCCCc2nc3c(n21)CCCC3. The lowest BCUT2D eigenvalue weighted by molar-refractivity contribution is 0.0899. The molecule has 0 amide bonds. The van der Waals surface area contributed by atoms with E-state index in [0.29, 0.717) is 6.42 Å². The van der Waals surface area contributed by atoms with Gasteiger partial charge in [0.05, 0.1) is 5.69 Å². The van der Waals surface area contributed by atoms with Gasteiger partial charge < -0.3 is 0 Å². The number of fused-ring (bicyclic) bond motifs is 3. The monoisotopic (exact) mass is 204 g/mol. The Morgan fingerprint density at radius 3 is 2.60 bits per heavy atom. The van der Waals surface area contributed by atoms with Gasteiger partial charge in [0, 0.05) is 18.5 Å². The maximum atomic E-state index is 12.0. The van der Waals surface area contributed by atoms with Gasteiger partial charge in [0.2, 0.25) is 5.91 Å². The molecule has 3 rings (SSSR count). The molecule has 2 heterocycles. The second kappa shape index (κ2) is 3.47. The van der Waals surface area contributed by atoms with Crippen molar-refractivity contribution in [2.75, 3.05) is 0 Å². The molecular weight excluding hydrogens is 188 g/mol. The molecule has 1 aromatic rings. The third-order valence-corrected chi connectivity index (χ3v) is 3.49. The number of aromatic nitrogens is 2. The van der Waals surface area contributed by atoms with Gasteiger partial charge in [0.25, 0.3) is 0 Å². The van der Waals surface area contributed by atoms with Crippen molar-refractivity contribution in [3.63, 3.8) is 0 Å². The Morgan fingerprint density at radius 1 is 0.933 bits per heavy atom. The van der Waals surface area contributed by atoms with Crippen molar-refractivity contribution in [1.82, 2.24) is 9.55 Å². The highest BCUT2D eigenvalue weighted by Gasteiger charge is 2.24. The molecule has 0 spiro atoms. The summed E-state index contributed by atoms with van der Waals surface area (Å²) in [5.41, 5.74) is 2.43. The lowest BCUT2D eigenvalue weighted by Gasteiger charge is -2.12. The topological polar surface area (TPSA) is 34.9 Å². The molecule has 0 aromatic carbocycles. The highest BCUT2D eigenvalue weighted by molar-refractivity contribution is 5.81. The molecule has 0 radical (unpaired) electrons. The van der Waals surface area contributed by atoms with Crippen LogP contribution in [0.2, 0.25) is 0 Å². The van der Waals surface area contributed by atoms with Gasteiger partial charge in [-0.15, -0.1) is 0 Å². The molecule has 1 aliphatic heterocycles. The van der Waals surface area contributed by atoms with Crippen LogP contribution in [-0.4, -0.2) is 15.5 Å². The predicted molar refractivity (Wildman–Crippen MR) is 57.1 cm³/mol. The Balaban J connectivity index is 2.12. The van der Waals surface area contributed by atoms with Crippen LogP contribution in [0.1, 0.15) is 54.1 Å². The van der Waals surface area contributed by atoms with Crippen molar-refractivity contribution in [2.24, 2.45) is 0 Å². The number of imidazole rings is 1. The summed E-state index contributed by atoms with van der Waals surface area (Å²) in [6, 6.07) is 0. The maximum absolute atomic E-state index is 12.0. The van der Waals surface area contributed by atoms with Gasteiger partial charge in [-0.25, -0.2) is 4.98 Å². The van der Waals surface area contributed by atoms with Crippen LogP contribution in [0.25, 0.3) is 0 Å². The van der Waals surface area contributed by atoms with E-state index >= 15 is 0 Å². The zero-order valence-electron chi connectivity index (χ0n) is 8.96. The van der Waals surface area contributed by atoms with E-state index in [9.17, 15) is 4.79 Å². The molecule has 0 saturated carbocycles. The van der Waals surface area contributed by atoms with Gasteiger partial charge in [0.1, 0.15) is 5.82 Å². The smallest absolute Gasteiger partial charge is 0.232 e. The quantitative estimate of drug-likeness (QED) is 0.649. The van der Waals surface area contributed by atoms with E-state index in [1.165, 1.54) is 24.2 Å². The first-order chi connectivity index (χ1) is 7.36. The van der Waals surface area contributed by atoms with E-state index in [1.807, 2.05) is 4.57 Å². The number of hydrogen-bond acceptors (Lipinski definition) is 2. The molecule has 0 saturated heterocycles. The molecule has 80 valence electrons. The standard InChI is InChI=1S/C12H16N2O/c15-12-8-4-3-7-11-13-9-5-1-2-6-10(9)14(11)12/h1-8H2. The van der Waals surface area contributed by atoms with E-state index in [1.54, 1.807) is 0 Å². The Morgan fingerprint density at radius 2 is 1.67 bits per heavy atom. The molecule has 0 bridgehead atoms.